The highest BCUT2D eigenvalue weighted by Gasteiger charge is 2.25. The summed E-state index contributed by atoms with van der Waals surface area (Å²) in [5.74, 6) is -0.0719. The number of hydrogen-bond acceptors (Lipinski definition) is 4. The zero-order valence-electron chi connectivity index (χ0n) is 10.4. The molecule has 1 amide bonds. The fraction of sp³-hybridized carbons (Fsp3) is 0.667. The maximum Gasteiger partial charge on any atom is 0.255 e. The molecule has 4 nitrogen and oxygen atoms in total. The molecular weight excluding hydrogens is 236 g/mol. The smallest absolute Gasteiger partial charge is 0.255 e. The van der Waals surface area contributed by atoms with Gasteiger partial charge in [0, 0.05) is 17.4 Å². The van der Waals surface area contributed by atoms with Crippen LogP contribution in [-0.4, -0.2) is 23.6 Å². The number of thiazole rings is 1. The Bertz CT molecular complexity index is 403. The Morgan fingerprint density at radius 1 is 1.59 bits per heavy atom. The Labute approximate surface area is 105 Å². The molecule has 1 aliphatic heterocycles. The third kappa shape index (κ3) is 3.04. The van der Waals surface area contributed by atoms with Gasteiger partial charge in [0.15, 0.2) is 5.13 Å². The van der Waals surface area contributed by atoms with Crippen LogP contribution in [0.5, 0.6) is 0 Å². The first-order chi connectivity index (χ1) is 7.97. The van der Waals surface area contributed by atoms with Gasteiger partial charge in [0.2, 0.25) is 0 Å². The third-order valence-corrected chi connectivity index (χ3v) is 3.48. The second-order valence-corrected chi connectivity index (χ2v) is 6.14. The second kappa shape index (κ2) is 4.74. The number of amides is 1. The van der Waals surface area contributed by atoms with Crippen molar-refractivity contribution in [3.8, 4) is 0 Å². The summed E-state index contributed by atoms with van der Waals surface area (Å²) in [5, 5.41) is 5.47. The van der Waals surface area contributed by atoms with Crippen molar-refractivity contribution in [1.82, 2.24) is 4.98 Å². The topological polar surface area (TPSA) is 51.2 Å². The van der Waals surface area contributed by atoms with Crippen LogP contribution < -0.4 is 5.32 Å². The summed E-state index contributed by atoms with van der Waals surface area (Å²) in [6, 6.07) is 0. The van der Waals surface area contributed by atoms with Crippen LogP contribution in [0.3, 0.4) is 0 Å². The molecule has 1 aliphatic rings. The van der Waals surface area contributed by atoms with E-state index in [0.29, 0.717) is 11.7 Å². The molecule has 1 aromatic heterocycles. The number of aromatic nitrogens is 1. The van der Waals surface area contributed by atoms with Gasteiger partial charge >= 0.3 is 0 Å². The average Bonchev–Trinajstić information content (AvgIpc) is 2.85. The van der Waals surface area contributed by atoms with Gasteiger partial charge in [-0.05, 0) is 12.8 Å². The first-order valence-corrected chi connectivity index (χ1v) is 6.73. The van der Waals surface area contributed by atoms with Crippen LogP contribution in [0.1, 0.15) is 39.3 Å². The molecule has 5 heteroatoms. The van der Waals surface area contributed by atoms with Gasteiger partial charge in [-0.1, -0.05) is 20.8 Å². The molecule has 1 fully saturated rings. The normalized spacial score (nSPS) is 20.5. The highest BCUT2D eigenvalue weighted by molar-refractivity contribution is 7.13. The molecule has 0 radical (unpaired) electrons. The minimum atomic E-state index is -0.294. The Balaban J connectivity index is 1.99. The maximum absolute atomic E-state index is 11.8. The van der Waals surface area contributed by atoms with Gasteiger partial charge in [0.25, 0.3) is 5.91 Å². The maximum atomic E-state index is 11.8. The molecule has 1 unspecified atom stereocenters. The van der Waals surface area contributed by atoms with E-state index in [4.69, 9.17) is 4.74 Å². The molecule has 1 aromatic rings. The summed E-state index contributed by atoms with van der Waals surface area (Å²) in [7, 11) is 0. The summed E-state index contributed by atoms with van der Waals surface area (Å²) < 4.78 is 5.33. The first-order valence-electron chi connectivity index (χ1n) is 5.85. The number of anilines is 1. The number of ether oxygens (including phenoxy) is 1. The molecular formula is C12H18N2O2S. The van der Waals surface area contributed by atoms with Crippen molar-refractivity contribution < 1.29 is 9.53 Å². The van der Waals surface area contributed by atoms with Crippen molar-refractivity contribution in [2.24, 2.45) is 0 Å². The molecule has 1 atom stereocenters. The van der Waals surface area contributed by atoms with Crippen molar-refractivity contribution in [1.29, 1.82) is 0 Å². The van der Waals surface area contributed by atoms with E-state index in [2.05, 4.69) is 31.1 Å². The quantitative estimate of drug-likeness (QED) is 0.882. The lowest BCUT2D eigenvalue weighted by Crippen LogP contribution is -2.26. The van der Waals surface area contributed by atoms with Gasteiger partial charge in [0.1, 0.15) is 6.10 Å². The number of carbonyl (C=O) groups is 1. The molecule has 2 rings (SSSR count). The van der Waals surface area contributed by atoms with Crippen LogP contribution in [0.15, 0.2) is 5.38 Å². The molecule has 0 spiro atoms. The summed E-state index contributed by atoms with van der Waals surface area (Å²) >= 11 is 1.46. The number of nitrogens with zero attached hydrogens (tertiary/aromatic N) is 1. The zero-order valence-corrected chi connectivity index (χ0v) is 11.3. The standard InChI is InChI=1S/C12H18N2O2S/c1-12(2,3)9-7-17-11(13-9)14-10(15)8-5-4-6-16-8/h7-8H,4-6H2,1-3H3,(H,13,14,15). The molecule has 1 N–H and O–H groups in total. The Morgan fingerprint density at radius 2 is 2.35 bits per heavy atom. The highest BCUT2D eigenvalue weighted by atomic mass is 32.1. The van der Waals surface area contributed by atoms with Gasteiger partial charge in [0.05, 0.1) is 5.69 Å². The van der Waals surface area contributed by atoms with Crippen LogP contribution in [0.2, 0.25) is 0 Å². The van der Waals surface area contributed by atoms with E-state index in [1.165, 1.54) is 11.3 Å². The van der Waals surface area contributed by atoms with E-state index in [1.54, 1.807) is 0 Å². The van der Waals surface area contributed by atoms with Crippen molar-refractivity contribution in [3.05, 3.63) is 11.1 Å². The number of rotatable bonds is 2. The van der Waals surface area contributed by atoms with Crippen LogP contribution in [0.25, 0.3) is 0 Å². The lowest BCUT2D eigenvalue weighted by molar-refractivity contribution is -0.124. The van der Waals surface area contributed by atoms with Gasteiger partial charge in [-0.15, -0.1) is 11.3 Å². The fourth-order valence-corrected chi connectivity index (χ4v) is 2.59. The molecule has 0 saturated carbocycles. The molecule has 0 aromatic carbocycles. The lowest BCUT2D eigenvalue weighted by Gasteiger charge is -2.14. The van der Waals surface area contributed by atoms with Crippen molar-refractivity contribution in [2.75, 3.05) is 11.9 Å². The minimum absolute atomic E-state index is 0.0172. The van der Waals surface area contributed by atoms with Crippen molar-refractivity contribution in [3.63, 3.8) is 0 Å². The van der Waals surface area contributed by atoms with E-state index >= 15 is 0 Å². The highest BCUT2D eigenvalue weighted by Crippen LogP contribution is 2.26. The van der Waals surface area contributed by atoms with Gasteiger partial charge in [-0.3, -0.25) is 10.1 Å². The van der Waals surface area contributed by atoms with Gasteiger partial charge in [-0.2, -0.15) is 0 Å². The molecule has 0 bridgehead atoms. The summed E-state index contributed by atoms with van der Waals surface area (Å²) in [4.78, 5) is 16.2. The monoisotopic (exact) mass is 254 g/mol. The summed E-state index contributed by atoms with van der Waals surface area (Å²) in [5.41, 5.74) is 1.02. The van der Waals surface area contributed by atoms with Gasteiger partial charge in [-0.25, -0.2) is 4.98 Å². The van der Waals surface area contributed by atoms with Crippen LogP contribution >= 0.6 is 11.3 Å². The SMILES string of the molecule is CC(C)(C)c1csc(NC(=O)C2CCCO2)n1. The van der Waals surface area contributed by atoms with Crippen LogP contribution in [0, 0.1) is 0 Å². The number of nitrogens with one attached hydrogen (secondary N) is 1. The number of carbonyl (C=O) groups excluding carboxylic acids is 1. The second-order valence-electron chi connectivity index (χ2n) is 5.28. The molecule has 17 heavy (non-hydrogen) atoms. The van der Waals surface area contributed by atoms with E-state index in [1.807, 2.05) is 5.38 Å². The molecule has 0 aliphatic carbocycles. The Morgan fingerprint density at radius 3 is 2.88 bits per heavy atom. The zero-order chi connectivity index (χ0) is 12.5. The minimum Gasteiger partial charge on any atom is -0.368 e. The van der Waals surface area contributed by atoms with E-state index in [-0.39, 0.29) is 17.4 Å². The summed E-state index contributed by atoms with van der Waals surface area (Å²) in [6.07, 6.45) is 1.48. The number of hydrogen-bond donors (Lipinski definition) is 1. The predicted octanol–water partition coefficient (Wildman–Crippen LogP) is 2.56. The Kier molecular flexibility index (Phi) is 3.49. The van der Waals surface area contributed by atoms with E-state index in [9.17, 15) is 4.79 Å². The largest absolute Gasteiger partial charge is 0.368 e. The van der Waals surface area contributed by atoms with Crippen LogP contribution in [0.4, 0.5) is 5.13 Å². The molecule has 94 valence electrons. The van der Waals surface area contributed by atoms with Crippen molar-refractivity contribution >= 4 is 22.4 Å². The fourth-order valence-electron chi connectivity index (χ4n) is 1.65. The lowest BCUT2D eigenvalue weighted by atomic mass is 9.93. The van der Waals surface area contributed by atoms with E-state index in [0.717, 1.165) is 18.5 Å². The first kappa shape index (κ1) is 12.5. The molecule has 2 heterocycles. The molecule has 1 saturated heterocycles. The third-order valence-electron chi connectivity index (χ3n) is 2.72. The Hall–Kier alpha value is -0.940. The summed E-state index contributed by atoms with van der Waals surface area (Å²) in [6.45, 7) is 7.00. The van der Waals surface area contributed by atoms with Crippen LogP contribution in [-0.2, 0) is 14.9 Å². The van der Waals surface area contributed by atoms with Crippen molar-refractivity contribution in [2.45, 2.75) is 45.1 Å². The predicted molar refractivity (Wildman–Crippen MR) is 68.4 cm³/mol. The average molecular weight is 254 g/mol. The van der Waals surface area contributed by atoms with E-state index < -0.39 is 0 Å². The van der Waals surface area contributed by atoms with Gasteiger partial charge < -0.3 is 4.74 Å².